The maximum Gasteiger partial charge on any atom is 0.227 e. The van der Waals surface area contributed by atoms with Crippen LogP contribution in [0.25, 0.3) is 10.2 Å². The first-order chi connectivity index (χ1) is 12.3. The summed E-state index contributed by atoms with van der Waals surface area (Å²) in [5, 5.41) is 6.39. The molecule has 0 radical (unpaired) electrons. The molecular weight excluding hydrogens is 370 g/mol. The third-order valence-corrected chi connectivity index (χ3v) is 6.23. The van der Waals surface area contributed by atoms with Crippen LogP contribution in [0.3, 0.4) is 0 Å². The maximum absolute atomic E-state index is 13.1. The van der Waals surface area contributed by atoms with Crippen LogP contribution in [0, 0.1) is 5.92 Å². The Labute approximate surface area is 164 Å². The SMILES string of the molecule is CNCC1CCCN1C(=O)C1CCCN(c2ncnc3sccc23)C1.Cl. The molecule has 142 valence electrons. The fourth-order valence-corrected chi connectivity index (χ4v) is 4.94. The smallest absolute Gasteiger partial charge is 0.227 e. The summed E-state index contributed by atoms with van der Waals surface area (Å²) in [4.78, 5) is 27.4. The lowest BCUT2D eigenvalue weighted by Crippen LogP contribution is -2.48. The zero-order valence-corrected chi connectivity index (χ0v) is 16.7. The van der Waals surface area contributed by atoms with E-state index in [0.29, 0.717) is 11.9 Å². The van der Waals surface area contributed by atoms with Gasteiger partial charge in [-0.3, -0.25) is 4.79 Å². The second-order valence-corrected chi connectivity index (χ2v) is 7.90. The average molecular weight is 396 g/mol. The first-order valence-electron chi connectivity index (χ1n) is 9.16. The van der Waals surface area contributed by atoms with Crippen molar-refractivity contribution in [3.63, 3.8) is 0 Å². The van der Waals surface area contributed by atoms with Gasteiger partial charge in [-0.05, 0) is 44.2 Å². The van der Waals surface area contributed by atoms with Gasteiger partial charge in [0, 0.05) is 32.2 Å². The Balaban J connectivity index is 0.00000196. The quantitative estimate of drug-likeness (QED) is 0.861. The highest BCUT2D eigenvalue weighted by molar-refractivity contribution is 7.16. The first kappa shape index (κ1) is 19.3. The zero-order chi connectivity index (χ0) is 17.2. The Morgan fingerprint density at radius 3 is 3.00 bits per heavy atom. The number of fused-ring (bicyclic) bond motifs is 1. The monoisotopic (exact) mass is 395 g/mol. The molecule has 0 aromatic carbocycles. The maximum atomic E-state index is 13.1. The van der Waals surface area contributed by atoms with Gasteiger partial charge >= 0.3 is 0 Å². The lowest BCUT2D eigenvalue weighted by atomic mass is 9.96. The summed E-state index contributed by atoms with van der Waals surface area (Å²) >= 11 is 1.64. The van der Waals surface area contributed by atoms with Crippen molar-refractivity contribution in [1.82, 2.24) is 20.2 Å². The van der Waals surface area contributed by atoms with Crippen LogP contribution >= 0.6 is 23.7 Å². The molecule has 8 heteroatoms. The van der Waals surface area contributed by atoms with Crippen molar-refractivity contribution in [2.24, 2.45) is 5.92 Å². The van der Waals surface area contributed by atoms with Crippen LogP contribution in [0.1, 0.15) is 25.7 Å². The van der Waals surface area contributed by atoms with Crippen molar-refractivity contribution in [3.05, 3.63) is 17.8 Å². The topological polar surface area (TPSA) is 61.4 Å². The highest BCUT2D eigenvalue weighted by Crippen LogP contribution is 2.31. The first-order valence-corrected chi connectivity index (χ1v) is 10.0. The van der Waals surface area contributed by atoms with E-state index in [0.717, 1.165) is 67.9 Å². The summed E-state index contributed by atoms with van der Waals surface area (Å²) < 4.78 is 0. The van der Waals surface area contributed by atoms with Crippen molar-refractivity contribution >= 4 is 45.7 Å². The Morgan fingerprint density at radius 1 is 1.31 bits per heavy atom. The van der Waals surface area contributed by atoms with Gasteiger partial charge in [-0.1, -0.05) is 0 Å². The van der Waals surface area contributed by atoms with Crippen LogP contribution < -0.4 is 10.2 Å². The van der Waals surface area contributed by atoms with Gasteiger partial charge < -0.3 is 15.1 Å². The molecule has 2 aliphatic rings. The number of piperidine rings is 1. The highest BCUT2D eigenvalue weighted by atomic mass is 35.5. The summed E-state index contributed by atoms with van der Waals surface area (Å²) in [5.74, 6) is 1.39. The molecule has 1 N–H and O–H groups in total. The van der Waals surface area contributed by atoms with Gasteiger partial charge in [0.25, 0.3) is 0 Å². The number of nitrogens with one attached hydrogen (secondary N) is 1. The molecular formula is C18H26ClN5OS. The molecule has 6 nitrogen and oxygen atoms in total. The molecule has 2 aliphatic heterocycles. The number of hydrogen-bond acceptors (Lipinski definition) is 6. The Morgan fingerprint density at radius 2 is 2.15 bits per heavy atom. The number of nitrogens with zero attached hydrogens (tertiary/aromatic N) is 4. The Kier molecular flexibility index (Phi) is 6.32. The molecule has 4 heterocycles. The largest absolute Gasteiger partial charge is 0.355 e. The van der Waals surface area contributed by atoms with Gasteiger partial charge in [0.1, 0.15) is 17.0 Å². The fourth-order valence-electron chi connectivity index (χ4n) is 4.21. The lowest BCUT2D eigenvalue weighted by molar-refractivity contribution is -0.136. The third-order valence-electron chi connectivity index (χ3n) is 5.41. The number of thiophene rings is 1. The van der Waals surface area contributed by atoms with Crippen LogP contribution in [0.5, 0.6) is 0 Å². The number of likely N-dealkylation sites (tertiary alicyclic amines) is 1. The van der Waals surface area contributed by atoms with Crippen LogP contribution in [0.2, 0.25) is 0 Å². The number of rotatable bonds is 4. The zero-order valence-electron chi connectivity index (χ0n) is 15.1. The number of amides is 1. The standard InChI is InChI=1S/C18H25N5OS.ClH/c1-19-10-14-5-3-8-23(14)18(24)13-4-2-7-22(11-13)16-15-6-9-25-17(15)21-12-20-16;/h6,9,12-14,19H,2-5,7-8,10-11H2,1H3;1H. The molecule has 2 saturated heterocycles. The van der Waals surface area contributed by atoms with E-state index in [1.165, 1.54) is 0 Å². The van der Waals surface area contributed by atoms with Gasteiger partial charge in [0.2, 0.25) is 5.91 Å². The number of likely N-dealkylation sites (N-methyl/N-ethyl adjacent to an activating group) is 1. The van der Waals surface area contributed by atoms with E-state index in [2.05, 4.69) is 36.5 Å². The van der Waals surface area contributed by atoms with Gasteiger partial charge in [-0.15, -0.1) is 23.7 Å². The van der Waals surface area contributed by atoms with Crippen molar-refractivity contribution in [1.29, 1.82) is 0 Å². The molecule has 2 atom stereocenters. The second kappa shape index (κ2) is 8.50. The summed E-state index contributed by atoms with van der Waals surface area (Å²) in [6.45, 7) is 3.53. The van der Waals surface area contributed by atoms with Crippen LogP contribution in [-0.2, 0) is 4.79 Å². The number of aromatic nitrogens is 2. The molecule has 2 aromatic heterocycles. The van der Waals surface area contributed by atoms with Gasteiger partial charge in [-0.25, -0.2) is 9.97 Å². The molecule has 1 amide bonds. The van der Waals surface area contributed by atoms with Crippen molar-refractivity contribution in [2.75, 3.05) is 38.1 Å². The van der Waals surface area contributed by atoms with E-state index >= 15 is 0 Å². The van der Waals surface area contributed by atoms with E-state index in [4.69, 9.17) is 0 Å². The van der Waals surface area contributed by atoms with Crippen LogP contribution in [0.4, 0.5) is 5.82 Å². The summed E-state index contributed by atoms with van der Waals surface area (Å²) in [5.41, 5.74) is 0. The summed E-state index contributed by atoms with van der Waals surface area (Å²) in [6, 6.07) is 2.44. The molecule has 2 unspecified atom stereocenters. The lowest BCUT2D eigenvalue weighted by Gasteiger charge is -2.36. The normalized spacial score (nSPS) is 23.3. The molecule has 0 aliphatic carbocycles. The van der Waals surface area contributed by atoms with Crippen LogP contribution in [0.15, 0.2) is 17.8 Å². The minimum Gasteiger partial charge on any atom is -0.355 e. The molecule has 0 bridgehead atoms. The van der Waals surface area contributed by atoms with Crippen molar-refractivity contribution in [3.8, 4) is 0 Å². The molecule has 0 spiro atoms. The minimum absolute atomic E-state index is 0. The Bertz CT molecular complexity index is 754. The van der Waals surface area contributed by atoms with Gasteiger partial charge in [0.15, 0.2) is 0 Å². The molecule has 2 fully saturated rings. The number of hydrogen-bond donors (Lipinski definition) is 1. The Hall–Kier alpha value is -1.44. The van der Waals surface area contributed by atoms with Gasteiger partial charge in [-0.2, -0.15) is 0 Å². The van der Waals surface area contributed by atoms with Gasteiger partial charge in [0.05, 0.1) is 11.3 Å². The third kappa shape index (κ3) is 3.66. The number of anilines is 1. The predicted molar refractivity (Wildman–Crippen MR) is 108 cm³/mol. The molecule has 4 rings (SSSR count). The highest BCUT2D eigenvalue weighted by Gasteiger charge is 2.35. The second-order valence-electron chi connectivity index (χ2n) is 7.01. The average Bonchev–Trinajstić information content (AvgIpc) is 3.30. The summed E-state index contributed by atoms with van der Waals surface area (Å²) in [7, 11) is 1.96. The number of carbonyl (C=O) groups excluding carboxylic acids is 1. The van der Waals surface area contributed by atoms with E-state index in [1.54, 1.807) is 17.7 Å². The van der Waals surface area contributed by atoms with E-state index in [9.17, 15) is 4.79 Å². The van der Waals surface area contributed by atoms with E-state index in [1.807, 2.05) is 7.05 Å². The minimum atomic E-state index is 0. The van der Waals surface area contributed by atoms with E-state index < -0.39 is 0 Å². The summed E-state index contributed by atoms with van der Waals surface area (Å²) in [6.07, 6.45) is 5.90. The number of halogens is 1. The number of carbonyl (C=O) groups is 1. The molecule has 26 heavy (non-hydrogen) atoms. The van der Waals surface area contributed by atoms with E-state index in [-0.39, 0.29) is 18.3 Å². The predicted octanol–water partition coefficient (Wildman–Crippen LogP) is 2.54. The fraction of sp³-hybridized carbons (Fsp3) is 0.611. The molecule has 0 saturated carbocycles. The van der Waals surface area contributed by atoms with Crippen molar-refractivity contribution in [2.45, 2.75) is 31.7 Å². The van der Waals surface area contributed by atoms with Crippen molar-refractivity contribution < 1.29 is 4.79 Å². The van der Waals surface area contributed by atoms with Crippen LogP contribution in [-0.4, -0.2) is 60.0 Å². The molecule has 2 aromatic rings.